The molecule has 43 heavy (non-hydrogen) atoms. The molecule has 234 valence electrons. The Morgan fingerprint density at radius 3 is 2.14 bits per heavy atom. The van der Waals surface area contributed by atoms with Gasteiger partial charge < -0.3 is 19.7 Å². The van der Waals surface area contributed by atoms with Crippen LogP contribution in [0, 0.1) is 6.92 Å². The number of aromatic nitrogens is 2. The molecule has 3 N–H and O–H groups in total. The largest absolute Gasteiger partial charge is 0.394 e. The molecule has 1 aromatic heterocycles. The van der Waals surface area contributed by atoms with Crippen LogP contribution in [0.15, 0.2) is 76.4 Å². The standard InChI is InChI=1S/C32H45N3O7Si/c1-5-8-19-31(40-20-21-41-34(6-2)7-3)28(37)27(23-36)42-32(31,35-22-24(4)29(38)33-30(35)39)43(25-15-11-9-12-16-25)26-17-13-10-14-18-26/h9-18,22,27-28,36-37,43H,5-8,19-21,23H2,1-4H3,(H,33,38,39)/t27-,28-,31-,32+/m1/s1. The van der Waals surface area contributed by atoms with E-state index < -0.39 is 49.8 Å². The lowest BCUT2D eigenvalue weighted by molar-refractivity contribution is -0.213. The number of aromatic amines is 1. The molecule has 1 fully saturated rings. The first-order valence-electron chi connectivity index (χ1n) is 15.2. The van der Waals surface area contributed by atoms with Crippen LogP contribution in [0.4, 0.5) is 0 Å². The molecule has 10 nitrogen and oxygen atoms in total. The van der Waals surface area contributed by atoms with E-state index in [0.29, 0.717) is 31.5 Å². The number of unbranched alkanes of at least 4 members (excludes halogenated alkanes) is 1. The summed E-state index contributed by atoms with van der Waals surface area (Å²) in [6.45, 7) is 8.89. The molecule has 0 spiro atoms. The van der Waals surface area contributed by atoms with E-state index in [0.717, 1.165) is 16.8 Å². The predicted molar refractivity (Wildman–Crippen MR) is 168 cm³/mol. The first-order chi connectivity index (χ1) is 20.8. The molecule has 0 radical (unpaired) electrons. The number of aliphatic hydroxyl groups is 2. The van der Waals surface area contributed by atoms with Crippen LogP contribution in [0.3, 0.4) is 0 Å². The van der Waals surface area contributed by atoms with Gasteiger partial charge in [0.05, 0.1) is 19.8 Å². The minimum atomic E-state index is -2.80. The fraction of sp³-hybridized carbons (Fsp3) is 0.500. The van der Waals surface area contributed by atoms with E-state index in [9.17, 15) is 19.8 Å². The van der Waals surface area contributed by atoms with Gasteiger partial charge in [-0.1, -0.05) is 105 Å². The van der Waals surface area contributed by atoms with E-state index in [-0.39, 0.29) is 13.2 Å². The summed E-state index contributed by atoms with van der Waals surface area (Å²) < 4.78 is 15.2. The van der Waals surface area contributed by atoms with E-state index in [1.165, 1.54) is 10.8 Å². The monoisotopic (exact) mass is 611 g/mol. The topological polar surface area (TPSA) is 126 Å². The lowest BCUT2D eigenvalue weighted by atomic mass is 9.87. The maximum atomic E-state index is 13.9. The number of hydroxylamine groups is 2. The Bertz CT molecular complexity index is 1380. The van der Waals surface area contributed by atoms with E-state index in [1.54, 1.807) is 6.92 Å². The van der Waals surface area contributed by atoms with Crippen LogP contribution in [0.1, 0.15) is 45.6 Å². The zero-order valence-corrected chi connectivity index (χ0v) is 26.7. The van der Waals surface area contributed by atoms with Crippen LogP contribution in [0.2, 0.25) is 0 Å². The van der Waals surface area contributed by atoms with Gasteiger partial charge in [-0.05, 0) is 13.3 Å². The van der Waals surface area contributed by atoms with Crippen molar-refractivity contribution in [3.05, 3.63) is 93.3 Å². The second kappa shape index (κ2) is 14.7. The second-order valence-electron chi connectivity index (χ2n) is 11.0. The van der Waals surface area contributed by atoms with Gasteiger partial charge in [-0.3, -0.25) is 19.2 Å². The van der Waals surface area contributed by atoms with E-state index >= 15 is 0 Å². The molecule has 1 aliphatic heterocycles. The van der Waals surface area contributed by atoms with Gasteiger partial charge in [0.25, 0.3) is 5.56 Å². The van der Waals surface area contributed by atoms with Gasteiger partial charge in [0.1, 0.15) is 17.8 Å². The number of nitrogens with zero attached hydrogens (tertiary/aromatic N) is 2. The van der Waals surface area contributed by atoms with Crippen LogP contribution >= 0.6 is 0 Å². The average Bonchev–Trinajstić information content (AvgIpc) is 3.27. The Labute approximate surface area is 254 Å². The van der Waals surface area contributed by atoms with Gasteiger partial charge in [0.15, 0.2) is 14.1 Å². The quantitative estimate of drug-likeness (QED) is 0.132. The van der Waals surface area contributed by atoms with Crippen molar-refractivity contribution in [1.82, 2.24) is 14.6 Å². The Hall–Kier alpha value is -2.90. The Balaban J connectivity index is 2.06. The van der Waals surface area contributed by atoms with Gasteiger partial charge in [0.2, 0.25) is 0 Å². The molecule has 2 aromatic carbocycles. The SMILES string of the molecule is CCCC[C@@]1(OCCON(CC)CC)[C@H](O)[C@@H](CO)O[C@]1(n1cc(C)c(=O)[nH]c1=O)[SiH](c1ccccc1)c1ccccc1. The third-order valence-electron chi connectivity index (χ3n) is 8.41. The number of hydrogen-bond acceptors (Lipinski definition) is 8. The van der Waals surface area contributed by atoms with Gasteiger partial charge in [0, 0.05) is 24.8 Å². The number of ether oxygens (including phenoxy) is 2. The zero-order chi connectivity index (χ0) is 31.0. The van der Waals surface area contributed by atoms with Gasteiger partial charge in [-0.25, -0.2) is 4.79 Å². The summed E-state index contributed by atoms with van der Waals surface area (Å²) in [7, 11) is -2.80. The highest BCUT2D eigenvalue weighted by molar-refractivity contribution is 6.87. The van der Waals surface area contributed by atoms with Crippen LogP contribution < -0.4 is 21.6 Å². The summed E-state index contributed by atoms with van der Waals surface area (Å²) >= 11 is 0. The highest BCUT2D eigenvalue weighted by Crippen LogP contribution is 2.50. The third-order valence-corrected chi connectivity index (χ3v) is 12.2. The van der Waals surface area contributed by atoms with E-state index in [2.05, 4.69) is 4.98 Å². The Kier molecular flexibility index (Phi) is 11.3. The van der Waals surface area contributed by atoms with E-state index in [1.807, 2.05) is 86.5 Å². The number of H-pyrrole nitrogens is 1. The molecule has 4 rings (SSSR count). The van der Waals surface area contributed by atoms with Crippen LogP contribution in [-0.2, 0) is 19.7 Å². The van der Waals surface area contributed by atoms with Gasteiger partial charge in [-0.15, -0.1) is 0 Å². The molecule has 0 unspecified atom stereocenters. The van der Waals surface area contributed by atoms with Crippen molar-refractivity contribution < 1.29 is 24.5 Å². The summed E-state index contributed by atoms with van der Waals surface area (Å²) in [6.07, 6.45) is 0.937. The van der Waals surface area contributed by atoms with Crippen molar-refractivity contribution in [3.63, 3.8) is 0 Å². The minimum Gasteiger partial charge on any atom is -0.394 e. The summed E-state index contributed by atoms with van der Waals surface area (Å²) in [5, 5.41) is 24.8. The summed E-state index contributed by atoms with van der Waals surface area (Å²) in [5.41, 5.74) is -2.35. The lowest BCUT2D eigenvalue weighted by Gasteiger charge is -2.50. The molecule has 0 bridgehead atoms. The minimum absolute atomic E-state index is 0.0995. The molecule has 4 atom stereocenters. The molecular weight excluding hydrogens is 566 g/mol. The number of benzene rings is 2. The predicted octanol–water partition coefficient (Wildman–Crippen LogP) is 1.05. The number of nitrogens with one attached hydrogen (secondary N) is 1. The first-order valence-corrected chi connectivity index (χ1v) is 16.9. The third kappa shape index (κ3) is 6.34. The number of aliphatic hydroxyl groups excluding tert-OH is 2. The second-order valence-corrected chi connectivity index (χ2v) is 13.9. The smallest absolute Gasteiger partial charge is 0.330 e. The maximum absolute atomic E-state index is 13.9. The zero-order valence-electron chi connectivity index (χ0n) is 25.6. The molecule has 0 saturated carbocycles. The summed E-state index contributed by atoms with van der Waals surface area (Å²) in [5.74, 6) is 0. The molecule has 0 aliphatic carbocycles. The fourth-order valence-electron chi connectivity index (χ4n) is 6.33. The number of aryl methyl sites for hydroxylation is 1. The van der Waals surface area contributed by atoms with Crippen molar-refractivity contribution in [3.8, 4) is 0 Å². The Morgan fingerprint density at radius 2 is 1.60 bits per heavy atom. The van der Waals surface area contributed by atoms with Crippen LogP contribution in [-0.4, -0.2) is 84.3 Å². The summed E-state index contributed by atoms with van der Waals surface area (Å²) in [4.78, 5) is 35.0. The van der Waals surface area contributed by atoms with Crippen molar-refractivity contribution in [2.24, 2.45) is 0 Å². The fourth-order valence-corrected chi connectivity index (χ4v) is 10.5. The number of rotatable bonds is 15. The number of hydrogen-bond donors (Lipinski definition) is 3. The van der Waals surface area contributed by atoms with Gasteiger partial charge in [-0.2, -0.15) is 5.06 Å². The van der Waals surface area contributed by atoms with Crippen molar-refractivity contribution in [2.75, 3.05) is 32.9 Å². The molecular formula is C32H45N3O7Si. The summed E-state index contributed by atoms with van der Waals surface area (Å²) in [6, 6.07) is 19.6. The molecule has 2 heterocycles. The normalized spacial score (nSPS) is 23.8. The molecule has 3 aromatic rings. The van der Waals surface area contributed by atoms with Crippen LogP contribution in [0.25, 0.3) is 0 Å². The van der Waals surface area contributed by atoms with Gasteiger partial charge >= 0.3 is 5.69 Å². The lowest BCUT2D eigenvalue weighted by Crippen LogP contribution is -2.74. The molecule has 1 aliphatic rings. The molecule has 1 saturated heterocycles. The highest BCUT2D eigenvalue weighted by atomic mass is 28.3. The average molecular weight is 612 g/mol. The first kappa shape index (κ1) is 33.0. The Morgan fingerprint density at radius 1 is 1.00 bits per heavy atom. The highest BCUT2D eigenvalue weighted by Gasteiger charge is 2.71. The van der Waals surface area contributed by atoms with Crippen LogP contribution in [0.5, 0.6) is 0 Å². The molecule has 0 amide bonds. The van der Waals surface area contributed by atoms with Crippen molar-refractivity contribution in [1.29, 1.82) is 0 Å². The van der Waals surface area contributed by atoms with Crippen molar-refractivity contribution in [2.45, 2.75) is 70.1 Å². The maximum Gasteiger partial charge on any atom is 0.330 e. The van der Waals surface area contributed by atoms with Crippen molar-refractivity contribution >= 4 is 19.2 Å². The molecule has 11 heteroatoms. The van der Waals surface area contributed by atoms with E-state index in [4.69, 9.17) is 14.3 Å².